The van der Waals surface area contributed by atoms with Crippen LogP contribution in [-0.4, -0.2) is 74.5 Å². The van der Waals surface area contributed by atoms with Gasteiger partial charge in [0, 0.05) is 40.4 Å². The minimum atomic E-state index is -1.35. The molecule has 1 amide bonds. The van der Waals surface area contributed by atoms with Gasteiger partial charge in [-0.25, -0.2) is 4.99 Å². The highest BCUT2D eigenvalue weighted by Crippen LogP contribution is 2.42. The van der Waals surface area contributed by atoms with Crippen molar-refractivity contribution in [1.82, 2.24) is 15.0 Å². The number of allylic oxidation sites excluding steroid dienone is 1. The number of H-pyrrole nitrogens is 3. The SMILES string of the molecule is C=CC1=C(C)C(/C=c2\[nH]/c(=C3\c4[nH]c(-c5[nH]c(C=O)c(C)c5CCO)c(C)c4C(=O)C3C(=O)OC)c(CCC(=O)O)c2C)=NC1=O. The van der Waals surface area contributed by atoms with Crippen molar-refractivity contribution in [3.8, 4) is 11.4 Å². The number of ether oxygens (including phenoxy) is 1. The summed E-state index contributed by atoms with van der Waals surface area (Å²) in [6.07, 6.45) is 3.91. The first-order valence-electron chi connectivity index (χ1n) is 14.6. The van der Waals surface area contributed by atoms with Crippen molar-refractivity contribution >= 4 is 47.3 Å². The first kappa shape index (κ1) is 32.0. The minimum absolute atomic E-state index is 0.0750. The molecule has 2 aliphatic rings. The molecule has 12 nitrogen and oxygen atoms in total. The van der Waals surface area contributed by atoms with Gasteiger partial charge in [0.25, 0.3) is 5.91 Å². The Morgan fingerprint density at radius 2 is 1.70 bits per heavy atom. The third kappa shape index (κ3) is 5.00. The Morgan fingerprint density at radius 1 is 0.978 bits per heavy atom. The number of aromatic nitrogens is 3. The maximum absolute atomic E-state index is 14.0. The summed E-state index contributed by atoms with van der Waals surface area (Å²) in [6.45, 7) is 10.5. The number of carboxylic acids is 1. The summed E-state index contributed by atoms with van der Waals surface area (Å²) in [4.78, 5) is 77.0. The van der Waals surface area contributed by atoms with Crippen LogP contribution in [0.2, 0.25) is 0 Å². The zero-order valence-electron chi connectivity index (χ0n) is 26.1. The van der Waals surface area contributed by atoms with Gasteiger partial charge in [0.15, 0.2) is 12.1 Å². The number of carbonyl (C=O) groups is 5. The molecule has 1 atom stereocenters. The maximum atomic E-state index is 14.0. The molecule has 4 heterocycles. The molecule has 0 bridgehead atoms. The number of aliphatic carboxylic acids is 1. The number of methoxy groups -OCH3 is 1. The Balaban J connectivity index is 1.86. The van der Waals surface area contributed by atoms with E-state index in [4.69, 9.17) is 4.74 Å². The molecule has 0 aromatic carbocycles. The predicted octanol–water partition coefficient (Wildman–Crippen LogP) is 2.08. The number of hydrogen-bond acceptors (Lipinski definition) is 7. The van der Waals surface area contributed by atoms with E-state index in [0.717, 1.165) is 0 Å². The number of hydrogen-bond donors (Lipinski definition) is 5. The number of rotatable bonds is 10. The number of nitrogens with one attached hydrogen (secondary N) is 3. The van der Waals surface area contributed by atoms with Gasteiger partial charge < -0.3 is 29.9 Å². The van der Waals surface area contributed by atoms with Gasteiger partial charge in [0.05, 0.1) is 35.6 Å². The van der Waals surface area contributed by atoms with Gasteiger partial charge in [-0.15, -0.1) is 0 Å². The lowest BCUT2D eigenvalue weighted by Crippen LogP contribution is -2.28. The molecule has 5 rings (SSSR count). The molecule has 0 saturated carbocycles. The molecule has 1 aliphatic heterocycles. The standard InChI is InChI=1S/C34H34N4O8/c1-7-18-14(2)22(37-33(18)44)12-21-15(3)19(8-9-24(41)42)29(35-21)26-27(34(45)46-6)32(43)25-17(5)28(38-31(25)26)30-20(10-11-39)16(4)23(13-40)36-30/h7,12-13,27,35-36,38-39H,1,8-11H2,2-6H3,(H,41,42)/b21-12-,29-26-. The first-order chi connectivity index (χ1) is 21.9. The number of aliphatic hydroxyl groups is 1. The number of aliphatic imine (C=N–C) groups is 1. The van der Waals surface area contributed by atoms with E-state index in [-0.39, 0.29) is 37.0 Å². The Hall–Kier alpha value is -5.36. The van der Waals surface area contributed by atoms with Crippen LogP contribution in [-0.2, 0) is 32.0 Å². The topological polar surface area (TPSA) is 195 Å². The van der Waals surface area contributed by atoms with Crippen molar-refractivity contribution < 1.29 is 38.9 Å². The van der Waals surface area contributed by atoms with Crippen LogP contribution in [0.4, 0.5) is 0 Å². The maximum Gasteiger partial charge on any atom is 0.321 e. The highest BCUT2D eigenvalue weighted by Gasteiger charge is 2.45. The Kier molecular flexibility index (Phi) is 8.50. The van der Waals surface area contributed by atoms with Gasteiger partial charge in [-0.2, -0.15) is 0 Å². The Labute approximate surface area is 263 Å². The highest BCUT2D eigenvalue weighted by atomic mass is 16.5. The summed E-state index contributed by atoms with van der Waals surface area (Å²) >= 11 is 0. The van der Waals surface area contributed by atoms with Crippen LogP contribution >= 0.6 is 0 Å². The summed E-state index contributed by atoms with van der Waals surface area (Å²) in [6, 6.07) is 0. The van der Waals surface area contributed by atoms with Gasteiger partial charge in [-0.05, 0) is 80.0 Å². The van der Waals surface area contributed by atoms with Crippen LogP contribution in [0.15, 0.2) is 28.8 Å². The lowest BCUT2D eigenvalue weighted by molar-refractivity contribution is -0.142. The van der Waals surface area contributed by atoms with E-state index in [1.165, 1.54) is 13.2 Å². The summed E-state index contributed by atoms with van der Waals surface area (Å²) in [5, 5.41) is 20.2. The second kappa shape index (κ2) is 12.2. The number of ketones is 1. The third-order valence-corrected chi connectivity index (χ3v) is 8.90. The zero-order valence-corrected chi connectivity index (χ0v) is 26.1. The molecule has 238 valence electrons. The smallest absolute Gasteiger partial charge is 0.321 e. The molecule has 1 aliphatic carbocycles. The van der Waals surface area contributed by atoms with Crippen LogP contribution in [0.3, 0.4) is 0 Å². The van der Waals surface area contributed by atoms with Crippen molar-refractivity contribution in [2.75, 3.05) is 13.7 Å². The van der Waals surface area contributed by atoms with Gasteiger partial charge in [0.2, 0.25) is 0 Å². The van der Waals surface area contributed by atoms with Crippen LogP contribution in [0.1, 0.15) is 67.7 Å². The Morgan fingerprint density at radius 3 is 2.28 bits per heavy atom. The molecule has 0 spiro atoms. The van der Waals surface area contributed by atoms with E-state index in [0.29, 0.717) is 84.4 Å². The largest absolute Gasteiger partial charge is 0.481 e. The molecule has 46 heavy (non-hydrogen) atoms. The average molecular weight is 627 g/mol. The normalized spacial score (nSPS) is 17.6. The van der Waals surface area contributed by atoms with E-state index >= 15 is 0 Å². The van der Waals surface area contributed by atoms with Crippen molar-refractivity contribution in [2.45, 2.75) is 47.0 Å². The van der Waals surface area contributed by atoms with Gasteiger partial charge in [-0.1, -0.05) is 12.7 Å². The molecule has 0 saturated heterocycles. The van der Waals surface area contributed by atoms with Crippen molar-refractivity contribution in [3.63, 3.8) is 0 Å². The van der Waals surface area contributed by atoms with E-state index in [1.807, 2.05) is 0 Å². The number of esters is 1. The average Bonchev–Trinajstić information content (AvgIpc) is 3.76. The molecular formula is C34H34N4O8. The molecule has 1 unspecified atom stereocenters. The van der Waals surface area contributed by atoms with E-state index in [9.17, 15) is 34.2 Å². The van der Waals surface area contributed by atoms with Gasteiger partial charge in [0.1, 0.15) is 5.92 Å². The number of aldehydes is 1. The fraction of sp³-hybridized carbons (Fsp3) is 0.294. The number of fused-ring (bicyclic) bond motifs is 1. The molecule has 0 radical (unpaired) electrons. The van der Waals surface area contributed by atoms with Crippen LogP contribution in [0, 0.1) is 26.7 Å². The number of nitrogens with zero attached hydrogens (tertiary/aromatic N) is 1. The predicted molar refractivity (Wildman–Crippen MR) is 169 cm³/mol. The van der Waals surface area contributed by atoms with Crippen LogP contribution in [0.25, 0.3) is 23.0 Å². The lowest BCUT2D eigenvalue weighted by atomic mass is 9.96. The Bertz CT molecular complexity index is 2060. The number of carbonyl (C=O) groups excluding carboxylic acids is 4. The fourth-order valence-corrected chi connectivity index (χ4v) is 6.44. The van der Waals surface area contributed by atoms with E-state index in [1.54, 1.807) is 33.8 Å². The molecule has 5 N–H and O–H groups in total. The van der Waals surface area contributed by atoms with Crippen LogP contribution in [0.5, 0.6) is 0 Å². The highest BCUT2D eigenvalue weighted by molar-refractivity contribution is 6.31. The summed E-state index contributed by atoms with van der Waals surface area (Å²) in [7, 11) is 1.19. The minimum Gasteiger partial charge on any atom is -0.481 e. The second-order valence-corrected chi connectivity index (χ2v) is 11.3. The molecule has 12 heteroatoms. The third-order valence-electron chi connectivity index (χ3n) is 8.90. The van der Waals surface area contributed by atoms with E-state index < -0.39 is 29.5 Å². The van der Waals surface area contributed by atoms with Crippen LogP contribution < -0.4 is 10.7 Å². The molecular weight excluding hydrogens is 592 g/mol. The number of carboxylic acid groups (broad SMARTS) is 1. The summed E-state index contributed by atoms with van der Waals surface area (Å²) in [5.41, 5.74) is 6.82. The fourth-order valence-electron chi connectivity index (χ4n) is 6.44. The van der Waals surface area contributed by atoms with Crippen molar-refractivity contribution in [1.29, 1.82) is 0 Å². The summed E-state index contributed by atoms with van der Waals surface area (Å²) < 4.78 is 5.07. The van der Waals surface area contributed by atoms with Crippen molar-refractivity contribution in [2.24, 2.45) is 10.9 Å². The van der Waals surface area contributed by atoms with Gasteiger partial charge in [-0.3, -0.25) is 24.0 Å². The first-order valence-corrected chi connectivity index (χ1v) is 14.6. The van der Waals surface area contributed by atoms with Crippen molar-refractivity contribution in [3.05, 3.63) is 79.3 Å². The molecule has 0 fully saturated rings. The monoisotopic (exact) mass is 626 g/mol. The molecule has 3 aromatic rings. The van der Waals surface area contributed by atoms with Gasteiger partial charge >= 0.3 is 11.9 Å². The zero-order chi connectivity index (χ0) is 33.6. The summed E-state index contributed by atoms with van der Waals surface area (Å²) in [5.74, 6) is -4.08. The number of aromatic amines is 3. The quantitative estimate of drug-likeness (QED) is 0.128. The number of amides is 1. The number of aliphatic hydroxyl groups excluding tert-OH is 1. The molecule has 3 aromatic heterocycles. The second-order valence-electron chi connectivity index (χ2n) is 11.3. The van der Waals surface area contributed by atoms with E-state index in [2.05, 4.69) is 26.5 Å². The number of Topliss-reactive ketones (excluding diaryl/α,β-unsaturated/α-hetero) is 1. The lowest BCUT2D eigenvalue weighted by Gasteiger charge is -2.11.